The number of carbonyl (C=O) groups excluding carboxylic acids is 1. The maximum atomic E-state index is 11.7. The third-order valence-corrected chi connectivity index (χ3v) is 2.20. The second-order valence-corrected chi connectivity index (χ2v) is 4.00. The Hall–Kier alpha value is -1.08. The molecule has 0 fully saturated rings. The van der Waals surface area contributed by atoms with E-state index in [9.17, 15) is 13.6 Å². The number of aromatic nitrogens is 1. The predicted molar refractivity (Wildman–Crippen MR) is 61.1 cm³/mol. The van der Waals surface area contributed by atoms with Gasteiger partial charge in [-0.3, -0.25) is 4.79 Å². The summed E-state index contributed by atoms with van der Waals surface area (Å²) in [4.78, 5) is 15.3. The molecule has 0 saturated heterocycles. The number of nitrogens with zero attached hydrogens (tertiary/aromatic N) is 1. The number of hydrogen-bond acceptors (Lipinski definition) is 3. The average Bonchev–Trinajstić information content (AvgIpc) is 2.29. The molecule has 1 rings (SSSR count). The molecule has 0 spiro atoms. The molecule has 0 saturated carbocycles. The molecule has 0 radical (unpaired) electrons. The molecule has 1 aromatic rings. The number of pyridine rings is 1. The van der Waals surface area contributed by atoms with E-state index in [4.69, 9.17) is 0 Å². The number of rotatable bonds is 6. The van der Waals surface area contributed by atoms with Crippen LogP contribution in [0, 0.1) is 0 Å². The number of alkyl halides is 2. The van der Waals surface area contributed by atoms with E-state index in [1.165, 1.54) is 6.20 Å². The van der Waals surface area contributed by atoms with Gasteiger partial charge < -0.3 is 10.1 Å². The number of nitrogens with one attached hydrogen (secondary N) is 1. The van der Waals surface area contributed by atoms with Gasteiger partial charge in [0, 0.05) is 17.2 Å². The molecule has 0 aliphatic rings. The topological polar surface area (TPSA) is 51.2 Å². The summed E-state index contributed by atoms with van der Waals surface area (Å²) in [5.74, 6) is -0.363. The Morgan fingerprint density at radius 1 is 1.53 bits per heavy atom. The van der Waals surface area contributed by atoms with Crippen molar-refractivity contribution in [2.75, 3.05) is 19.8 Å². The van der Waals surface area contributed by atoms with Crippen molar-refractivity contribution in [1.82, 2.24) is 10.3 Å². The van der Waals surface area contributed by atoms with Gasteiger partial charge in [0.1, 0.15) is 12.3 Å². The molecule has 1 amide bonds. The number of ether oxygens (including phenoxy) is 1. The first-order valence-electron chi connectivity index (χ1n) is 4.85. The van der Waals surface area contributed by atoms with Gasteiger partial charge in [-0.2, -0.15) is 0 Å². The maximum Gasteiger partial charge on any atom is 0.269 e. The Morgan fingerprint density at radius 3 is 2.88 bits per heavy atom. The van der Waals surface area contributed by atoms with Gasteiger partial charge in [-0.1, -0.05) is 0 Å². The highest BCUT2D eigenvalue weighted by atomic mass is 79.9. The molecule has 0 aliphatic heterocycles. The van der Waals surface area contributed by atoms with Crippen LogP contribution in [0.2, 0.25) is 0 Å². The van der Waals surface area contributed by atoms with Crippen LogP contribution in [-0.4, -0.2) is 37.1 Å². The third kappa shape index (κ3) is 5.69. The lowest BCUT2D eigenvalue weighted by molar-refractivity contribution is 0.0188. The number of halogens is 3. The number of amides is 1. The molecule has 0 unspecified atom stereocenters. The molecule has 4 nitrogen and oxygen atoms in total. The summed E-state index contributed by atoms with van der Waals surface area (Å²) in [5.41, 5.74) is 0.266. The molecule has 94 valence electrons. The molecular formula is C10H11BrF2N2O2. The summed E-state index contributed by atoms with van der Waals surface area (Å²) in [7, 11) is 0. The number of carbonyl (C=O) groups is 1. The van der Waals surface area contributed by atoms with Crippen molar-refractivity contribution in [3.63, 3.8) is 0 Å². The first-order chi connectivity index (χ1) is 8.09. The smallest absolute Gasteiger partial charge is 0.269 e. The lowest BCUT2D eigenvalue weighted by Gasteiger charge is -2.05. The standard InChI is InChI=1S/C10H11BrF2N2O2/c11-7-1-2-8(15-5-7)10(16)14-3-4-17-6-9(12)13/h1-2,5,9H,3-4,6H2,(H,14,16). The molecule has 0 aromatic carbocycles. The Balaban J connectivity index is 2.23. The lowest BCUT2D eigenvalue weighted by atomic mass is 10.3. The summed E-state index contributed by atoms with van der Waals surface area (Å²) in [5, 5.41) is 2.51. The highest BCUT2D eigenvalue weighted by Gasteiger charge is 2.06. The van der Waals surface area contributed by atoms with Crippen LogP contribution in [0.15, 0.2) is 22.8 Å². The molecule has 0 aliphatic carbocycles. The average molecular weight is 309 g/mol. The van der Waals surface area contributed by atoms with E-state index >= 15 is 0 Å². The van der Waals surface area contributed by atoms with Crippen molar-refractivity contribution in [2.24, 2.45) is 0 Å². The second kappa shape index (κ2) is 7.29. The molecule has 0 bridgehead atoms. The Labute approximate surface area is 105 Å². The first kappa shape index (κ1) is 14.0. The summed E-state index contributed by atoms with van der Waals surface area (Å²) in [6.45, 7) is -0.400. The fraction of sp³-hybridized carbons (Fsp3) is 0.400. The van der Waals surface area contributed by atoms with E-state index in [0.717, 1.165) is 4.47 Å². The minimum absolute atomic E-state index is 0.0482. The van der Waals surface area contributed by atoms with Crippen molar-refractivity contribution in [3.05, 3.63) is 28.5 Å². The van der Waals surface area contributed by atoms with Crippen molar-refractivity contribution in [1.29, 1.82) is 0 Å². The van der Waals surface area contributed by atoms with Crippen LogP contribution in [0.25, 0.3) is 0 Å². The van der Waals surface area contributed by atoms with Gasteiger partial charge in [-0.05, 0) is 28.1 Å². The summed E-state index contributed by atoms with van der Waals surface area (Å²) >= 11 is 3.20. The third-order valence-electron chi connectivity index (χ3n) is 1.74. The fourth-order valence-electron chi connectivity index (χ4n) is 1.01. The minimum Gasteiger partial charge on any atom is -0.374 e. The predicted octanol–water partition coefficient (Wildman–Crippen LogP) is 1.86. The quantitative estimate of drug-likeness (QED) is 0.816. The maximum absolute atomic E-state index is 11.7. The largest absolute Gasteiger partial charge is 0.374 e. The van der Waals surface area contributed by atoms with Gasteiger partial charge in [-0.25, -0.2) is 13.8 Å². The van der Waals surface area contributed by atoms with Crippen molar-refractivity contribution in [3.8, 4) is 0 Å². The van der Waals surface area contributed by atoms with Gasteiger partial charge in [0.15, 0.2) is 0 Å². The van der Waals surface area contributed by atoms with E-state index < -0.39 is 13.0 Å². The zero-order chi connectivity index (χ0) is 12.7. The van der Waals surface area contributed by atoms with Crippen LogP contribution < -0.4 is 5.32 Å². The SMILES string of the molecule is O=C(NCCOCC(F)F)c1ccc(Br)cn1. The first-order valence-corrected chi connectivity index (χ1v) is 5.64. The zero-order valence-corrected chi connectivity index (χ0v) is 10.4. The van der Waals surface area contributed by atoms with Gasteiger partial charge in [-0.15, -0.1) is 0 Å². The summed E-state index contributed by atoms with van der Waals surface area (Å²) < 4.78 is 28.8. The molecular weight excluding hydrogens is 298 g/mol. The van der Waals surface area contributed by atoms with Crippen LogP contribution in [0.3, 0.4) is 0 Å². The van der Waals surface area contributed by atoms with Gasteiger partial charge in [0.2, 0.25) is 0 Å². The molecule has 1 heterocycles. The number of hydrogen-bond donors (Lipinski definition) is 1. The lowest BCUT2D eigenvalue weighted by Crippen LogP contribution is -2.28. The van der Waals surface area contributed by atoms with E-state index in [-0.39, 0.29) is 24.8 Å². The van der Waals surface area contributed by atoms with Crippen LogP contribution in [-0.2, 0) is 4.74 Å². The van der Waals surface area contributed by atoms with Crippen LogP contribution >= 0.6 is 15.9 Å². The Morgan fingerprint density at radius 2 is 2.29 bits per heavy atom. The van der Waals surface area contributed by atoms with Gasteiger partial charge in [0.05, 0.1) is 6.61 Å². The van der Waals surface area contributed by atoms with E-state index in [1.807, 2.05) is 0 Å². The Bertz CT molecular complexity index is 360. The fourth-order valence-corrected chi connectivity index (χ4v) is 1.24. The van der Waals surface area contributed by atoms with E-state index in [2.05, 4.69) is 31.0 Å². The molecule has 7 heteroatoms. The minimum atomic E-state index is -2.49. The Kier molecular flexibility index (Phi) is 5.99. The second-order valence-electron chi connectivity index (χ2n) is 3.08. The molecule has 17 heavy (non-hydrogen) atoms. The molecule has 1 aromatic heterocycles. The van der Waals surface area contributed by atoms with Gasteiger partial charge >= 0.3 is 0 Å². The zero-order valence-electron chi connectivity index (χ0n) is 8.83. The van der Waals surface area contributed by atoms with Crippen molar-refractivity contribution < 1.29 is 18.3 Å². The van der Waals surface area contributed by atoms with E-state index in [1.54, 1.807) is 12.1 Å². The van der Waals surface area contributed by atoms with E-state index in [0.29, 0.717) is 0 Å². The molecule has 1 N–H and O–H groups in total. The monoisotopic (exact) mass is 308 g/mol. The summed E-state index contributed by atoms with van der Waals surface area (Å²) in [6.07, 6.45) is -0.985. The van der Waals surface area contributed by atoms with Crippen molar-refractivity contribution >= 4 is 21.8 Å². The van der Waals surface area contributed by atoms with Crippen molar-refractivity contribution in [2.45, 2.75) is 6.43 Å². The van der Waals surface area contributed by atoms with Crippen LogP contribution in [0.5, 0.6) is 0 Å². The highest BCUT2D eigenvalue weighted by Crippen LogP contribution is 2.07. The van der Waals surface area contributed by atoms with Gasteiger partial charge in [0.25, 0.3) is 12.3 Å². The van der Waals surface area contributed by atoms with Crippen LogP contribution in [0.1, 0.15) is 10.5 Å². The highest BCUT2D eigenvalue weighted by molar-refractivity contribution is 9.10. The van der Waals surface area contributed by atoms with Crippen LogP contribution in [0.4, 0.5) is 8.78 Å². The normalized spacial score (nSPS) is 10.6. The molecule has 0 atom stereocenters. The summed E-state index contributed by atoms with van der Waals surface area (Å²) in [6, 6.07) is 3.24.